The Morgan fingerprint density at radius 3 is 2.88 bits per heavy atom. The van der Waals surface area contributed by atoms with E-state index < -0.39 is 12.0 Å². The SMILES string of the molecule is COC(=O)C1=C(C)Nc2nnnn2C1c1cccc(OC(C)C)c1. The van der Waals surface area contributed by atoms with Crippen LogP contribution in [0.5, 0.6) is 5.75 Å². The number of nitrogens with one attached hydrogen (secondary N) is 1. The van der Waals surface area contributed by atoms with Crippen molar-refractivity contribution in [3.8, 4) is 5.75 Å². The Kier molecular flexibility index (Phi) is 4.20. The lowest BCUT2D eigenvalue weighted by molar-refractivity contribution is -0.136. The van der Waals surface area contributed by atoms with Gasteiger partial charge in [0.1, 0.15) is 11.8 Å². The Morgan fingerprint density at radius 1 is 1.38 bits per heavy atom. The van der Waals surface area contributed by atoms with Gasteiger partial charge >= 0.3 is 5.97 Å². The minimum absolute atomic E-state index is 0.0502. The topological polar surface area (TPSA) is 91.2 Å². The summed E-state index contributed by atoms with van der Waals surface area (Å²) in [5.41, 5.74) is 1.95. The summed E-state index contributed by atoms with van der Waals surface area (Å²) in [5.74, 6) is 0.763. The first-order valence-corrected chi connectivity index (χ1v) is 7.62. The second-order valence-corrected chi connectivity index (χ2v) is 5.74. The molecule has 0 radical (unpaired) electrons. The van der Waals surface area contributed by atoms with Crippen LogP contribution in [0, 0.1) is 0 Å². The molecule has 0 saturated heterocycles. The lowest BCUT2D eigenvalue weighted by atomic mass is 9.95. The lowest BCUT2D eigenvalue weighted by Gasteiger charge is -2.27. The van der Waals surface area contributed by atoms with Crippen LogP contribution < -0.4 is 10.1 Å². The number of hydrogen-bond donors (Lipinski definition) is 1. The van der Waals surface area contributed by atoms with Gasteiger partial charge in [-0.1, -0.05) is 17.2 Å². The summed E-state index contributed by atoms with van der Waals surface area (Å²) in [4.78, 5) is 12.3. The number of aromatic nitrogens is 4. The summed E-state index contributed by atoms with van der Waals surface area (Å²) in [6, 6.07) is 7.06. The number of allylic oxidation sites excluding steroid dienone is 1. The van der Waals surface area contributed by atoms with Gasteiger partial charge < -0.3 is 14.8 Å². The van der Waals surface area contributed by atoms with E-state index >= 15 is 0 Å². The first-order valence-electron chi connectivity index (χ1n) is 7.62. The molecule has 0 saturated carbocycles. The molecule has 3 rings (SSSR count). The predicted molar refractivity (Wildman–Crippen MR) is 86.5 cm³/mol. The van der Waals surface area contributed by atoms with Crippen LogP contribution in [0.3, 0.4) is 0 Å². The highest BCUT2D eigenvalue weighted by molar-refractivity contribution is 5.92. The number of esters is 1. The number of benzene rings is 1. The average Bonchev–Trinajstić information content (AvgIpc) is 3.00. The number of carbonyl (C=O) groups excluding carboxylic acids is 1. The lowest BCUT2D eigenvalue weighted by Crippen LogP contribution is -2.29. The number of methoxy groups -OCH3 is 1. The van der Waals surface area contributed by atoms with Gasteiger partial charge in [0, 0.05) is 5.70 Å². The third kappa shape index (κ3) is 2.82. The van der Waals surface area contributed by atoms with Crippen molar-refractivity contribution >= 4 is 11.9 Å². The third-order valence-corrected chi connectivity index (χ3v) is 3.67. The van der Waals surface area contributed by atoms with Crippen LogP contribution >= 0.6 is 0 Å². The van der Waals surface area contributed by atoms with Gasteiger partial charge in [-0.15, -0.1) is 0 Å². The van der Waals surface area contributed by atoms with E-state index in [1.54, 1.807) is 11.6 Å². The minimum atomic E-state index is -0.487. The standard InChI is InChI=1S/C16H19N5O3/c1-9(2)24-12-7-5-6-11(8-12)14-13(15(22)23-4)10(3)17-16-18-19-20-21(14)16/h5-9,14H,1-4H3,(H,17,18,20). The molecule has 0 spiro atoms. The Balaban J connectivity index is 2.11. The average molecular weight is 329 g/mol. The number of tetrazole rings is 1. The van der Waals surface area contributed by atoms with Crippen molar-refractivity contribution in [1.29, 1.82) is 0 Å². The maximum absolute atomic E-state index is 12.3. The van der Waals surface area contributed by atoms with Crippen LogP contribution in [0.25, 0.3) is 0 Å². The highest BCUT2D eigenvalue weighted by Crippen LogP contribution is 2.35. The van der Waals surface area contributed by atoms with E-state index in [4.69, 9.17) is 9.47 Å². The molecule has 2 heterocycles. The van der Waals surface area contributed by atoms with E-state index in [9.17, 15) is 4.79 Å². The Labute approximate surface area is 139 Å². The normalized spacial score (nSPS) is 16.6. The van der Waals surface area contributed by atoms with Crippen LogP contribution in [0.15, 0.2) is 35.5 Å². The smallest absolute Gasteiger partial charge is 0.338 e. The number of fused-ring (bicyclic) bond motifs is 1. The number of rotatable bonds is 4. The summed E-state index contributed by atoms with van der Waals surface area (Å²) in [6.07, 6.45) is 0.0502. The molecule has 0 amide bonds. The summed E-state index contributed by atoms with van der Waals surface area (Å²) >= 11 is 0. The Hall–Kier alpha value is -2.90. The van der Waals surface area contributed by atoms with Gasteiger partial charge in [-0.05, 0) is 48.9 Å². The molecule has 1 aromatic carbocycles. The van der Waals surface area contributed by atoms with E-state index in [2.05, 4.69) is 20.8 Å². The molecule has 0 fully saturated rings. The van der Waals surface area contributed by atoms with Gasteiger partial charge in [0.05, 0.1) is 18.8 Å². The van der Waals surface area contributed by atoms with Crippen LogP contribution in [0.1, 0.15) is 32.4 Å². The van der Waals surface area contributed by atoms with Gasteiger partial charge in [0.2, 0.25) is 5.95 Å². The number of nitrogens with zero attached hydrogens (tertiary/aromatic N) is 4. The zero-order valence-electron chi connectivity index (χ0n) is 14.0. The molecular weight excluding hydrogens is 310 g/mol. The van der Waals surface area contributed by atoms with Gasteiger partial charge in [-0.3, -0.25) is 0 Å². The molecule has 24 heavy (non-hydrogen) atoms. The van der Waals surface area contributed by atoms with Crippen LogP contribution in [0.4, 0.5) is 5.95 Å². The van der Waals surface area contributed by atoms with Crippen LogP contribution in [-0.4, -0.2) is 39.4 Å². The second kappa shape index (κ2) is 6.31. The monoisotopic (exact) mass is 329 g/mol. The van der Waals surface area contributed by atoms with E-state index in [0.717, 1.165) is 11.3 Å². The number of hydrogen-bond acceptors (Lipinski definition) is 7. The van der Waals surface area contributed by atoms with Crippen molar-refractivity contribution in [2.75, 3.05) is 12.4 Å². The Morgan fingerprint density at radius 2 is 2.17 bits per heavy atom. The highest BCUT2D eigenvalue weighted by Gasteiger charge is 2.34. The number of carbonyl (C=O) groups is 1. The van der Waals surface area contributed by atoms with Crippen molar-refractivity contribution in [1.82, 2.24) is 20.2 Å². The fraction of sp³-hybridized carbons (Fsp3) is 0.375. The predicted octanol–water partition coefficient (Wildman–Crippen LogP) is 1.92. The van der Waals surface area contributed by atoms with Crippen molar-refractivity contribution in [2.24, 2.45) is 0 Å². The largest absolute Gasteiger partial charge is 0.491 e. The van der Waals surface area contributed by atoms with Crippen molar-refractivity contribution in [2.45, 2.75) is 32.9 Å². The first kappa shape index (κ1) is 16.0. The quantitative estimate of drug-likeness (QED) is 0.857. The molecule has 126 valence electrons. The molecule has 8 heteroatoms. The van der Waals surface area contributed by atoms with Crippen molar-refractivity contribution in [3.05, 3.63) is 41.1 Å². The minimum Gasteiger partial charge on any atom is -0.491 e. The maximum atomic E-state index is 12.3. The highest BCUT2D eigenvalue weighted by atomic mass is 16.5. The number of anilines is 1. The van der Waals surface area contributed by atoms with Gasteiger partial charge in [0.15, 0.2) is 0 Å². The zero-order valence-corrected chi connectivity index (χ0v) is 14.0. The molecule has 1 aromatic heterocycles. The third-order valence-electron chi connectivity index (χ3n) is 3.67. The van der Waals surface area contributed by atoms with Crippen molar-refractivity contribution < 1.29 is 14.3 Å². The summed E-state index contributed by atoms with van der Waals surface area (Å²) < 4.78 is 12.3. The summed E-state index contributed by atoms with van der Waals surface area (Å²) in [5, 5.41) is 14.7. The van der Waals surface area contributed by atoms with Gasteiger partial charge in [-0.25, -0.2) is 4.79 Å². The van der Waals surface area contributed by atoms with Crippen LogP contribution in [0.2, 0.25) is 0 Å². The van der Waals surface area contributed by atoms with E-state index in [1.807, 2.05) is 38.1 Å². The molecule has 1 atom stereocenters. The van der Waals surface area contributed by atoms with E-state index in [-0.39, 0.29) is 6.10 Å². The summed E-state index contributed by atoms with van der Waals surface area (Å²) in [7, 11) is 1.35. The fourth-order valence-electron chi connectivity index (χ4n) is 2.72. The number of ether oxygens (including phenoxy) is 2. The second-order valence-electron chi connectivity index (χ2n) is 5.74. The maximum Gasteiger partial charge on any atom is 0.338 e. The van der Waals surface area contributed by atoms with Gasteiger partial charge in [-0.2, -0.15) is 4.68 Å². The molecule has 1 aliphatic rings. The molecular formula is C16H19N5O3. The van der Waals surface area contributed by atoms with E-state index in [0.29, 0.717) is 17.2 Å². The molecule has 0 aliphatic carbocycles. The summed E-state index contributed by atoms with van der Waals surface area (Å²) in [6.45, 7) is 5.72. The zero-order chi connectivity index (χ0) is 17.3. The molecule has 1 unspecified atom stereocenters. The fourth-order valence-corrected chi connectivity index (χ4v) is 2.72. The first-order chi connectivity index (χ1) is 11.5. The molecule has 2 aromatic rings. The van der Waals surface area contributed by atoms with E-state index in [1.165, 1.54) is 7.11 Å². The molecule has 1 aliphatic heterocycles. The van der Waals surface area contributed by atoms with Gasteiger partial charge in [0.25, 0.3) is 0 Å². The molecule has 1 N–H and O–H groups in total. The molecule has 8 nitrogen and oxygen atoms in total. The van der Waals surface area contributed by atoms with Crippen molar-refractivity contribution in [3.63, 3.8) is 0 Å². The Bertz CT molecular complexity index is 797. The molecule has 0 bridgehead atoms. The van der Waals surface area contributed by atoms with Crippen LogP contribution in [-0.2, 0) is 9.53 Å².